The lowest BCUT2D eigenvalue weighted by atomic mass is 10.2. The van der Waals surface area contributed by atoms with Crippen LogP contribution in [0.4, 0.5) is 0 Å². The number of carbonyl (C=O) groups is 1. The predicted octanol–water partition coefficient (Wildman–Crippen LogP) is 4.02. The first-order valence-electron chi connectivity index (χ1n) is 9.50. The third kappa shape index (κ3) is 4.99. The second-order valence-electron chi connectivity index (χ2n) is 6.53. The highest BCUT2D eigenvalue weighted by molar-refractivity contribution is 5.94. The summed E-state index contributed by atoms with van der Waals surface area (Å²) in [4.78, 5) is 12.3. The van der Waals surface area contributed by atoms with Gasteiger partial charge in [-0.15, -0.1) is 0 Å². The summed E-state index contributed by atoms with van der Waals surface area (Å²) in [6, 6.07) is 20.3. The van der Waals surface area contributed by atoms with E-state index < -0.39 is 5.91 Å². The van der Waals surface area contributed by atoms with Crippen LogP contribution in [0.5, 0.6) is 11.5 Å². The minimum Gasteiger partial charge on any atom is -0.493 e. The zero-order chi connectivity index (χ0) is 21.5. The zero-order valence-corrected chi connectivity index (χ0v) is 16.7. The fourth-order valence-corrected chi connectivity index (χ4v) is 2.84. The molecule has 0 aliphatic heterocycles. The van der Waals surface area contributed by atoms with Gasteiger partial charge in [0.2, 0.25) is 0 Å². The first kappa shape index (κ1) is 20.0. The van der Waals surface area contributed by atoms with Crippen molar-refractivity contribution in [2.24, 2.45) is 5.10 Å². The average Bonchev–Trinajstić information content (AvgIpc) is 3.50. The zero-order valence-electron chi connectivity index (χ0n) is 16.7. The van der Waals surface area contributed by atoms with Crippen molar-refractivity contribution < 1.29 is 18.7 Å². The van der Waals surface area contributed by atoms with Crippen LogP contribution >= 0.6 is 0 Å². The summed E-state index contributed by atoms with van der Waals surface area (Å²) in [5, 5.41) is 10.7. The van der Waals surface area contributed by atoms with Gasteiger partial charge in [-0.1, -0.05) is 30.3 Å². The van der Waals surface area contributed by atoms with E-state index in [0.29, 0.717) is 29.6 Å². The molecule has 0 saturated heterocycles. The first-order chi connectivity index (χ1) is 15.2. The molecule has 0 aliphatic rings. The number of methoxy groups -OCH3 is 1. The van der Waals surface area contributed by atoms with Gasteiger partial charge in [0, 0.05) is 6.07 Å². The monoisotopic (exact) mass is 416 g/mol. The molecule has 2 aromatic heterocycles. The van der Waals surface area contributed by atoms with Gasteiger partial charge in [0.05, 0.1) is 19.6 Å². The highest BCUT2D eigenvalue weighted by Crippen LogP contribution is 2.28. The lowest BCUT2D eigenvalue weighted by Gasteiger charge is -2.11. The summed E-state index contributed by atoms with van der Waals surface area (Å²) in [5.41, 5.74) is 5.05. The fraction of sp³-hybridized carbons (Fsp3) is 0.0870. The van der Waals surface area contributed by atoms with E-state index in [1.54, 1.807) is 43.7 Å². The van der Waals surface area contributed by atoms with Crippen molar-refractivity contribution in [2.45, 2.75) is 6.61 Å². The Bertz CT molecular complexity index is 1170. The molecule has 0 radical (unpaired) electrons. The van der Waals surface area contributed by atoms with Crippen LogP contribution in [0.3, 0.4) is 0 Å². The minimum atomic E-state index is -0.445. The van der Waals surface area contributed by atoms with E-state index in [4.69, 9.17) is 13.9 Å². The highest BCUT2D eigenvalue weighted by atomic mass is 16.5. The van der Waals surface area contributed by atoms with Gasteiger partial charge in [0.1, 0.15) is 12.3 Å². The second kappa shape index (κ2) is 9.45. The second-order valence-corrected chi connectivity index (χ2v) is 6.53. The maximum atomic E-state index is 12.3. The van der Waals surface area contributed by atoms with Crippen molar-refractivity contribution >= 4 is 12.1 Å². The van der Waals surface area contributed by atoms with E-state index >= 15 is 0 Å². The number of amides is 1. The third-order valence-electron chi connectivity index (χ3n) is 4.40. The molecule has 0 aliphatic carbocycles. The molecule has 0 saturated carbocycles. The van der Waals surface area contributed by atoms with E-state index in [2.05, 4.69) is 20.7 Å². The Kier molecular flexibility index (Phi) is 6.08. The molecule has 0 unspecified atom stereocenters. The van der Waals surface area contributed by atoms with E-state index in [1.807, 2.05) is 36.4 Å². The number of nitrogens with one attached hydrogen (secondary N) is 2. The molecule has 156 valence electrons. The molecule has 0 fully saturated rings. The molecule has 4 rings (SSSR count). The van der Waals surface area contributed by atoms with Crippen LogP contribution in [0.25, 0.3) is 11.5 Å². The molecular weight excluding hydrogens is 396 g/mol. The van der Waals surface area contributed by atoms with Crippen LogP contribution in [0.2, 0.25) is 0 Å². The molecule has 31 heavy (non-hydrogen) atoms. The Morgan fingerprint density at radius 3 is 2.77 bits per heavy atom. The molecule has 4 aromatic rings. The van der Waals surface area contributed by atoms with Gasteiger partial charge in [-0.25, -0.2) is 5.43 Å². The lowest BCUT2D eigenvalue weighted by molar-refractivity contribution is 0.0950. The maximum absolute atomic E-state index is 12.3. The van der Waals surface area contributed by atoms with Crippen molar-refractivity contribution in [1.29, 1.82) is 0 Å². The van der Waals surface area contributed by atoms with Gasteiger partial charge in [-0.05, 0) is 41.5 Å². The van der Waals surface area contributed by atoms with Crippen molar-refractivity contribution in [3.05, 3.63) is 89.8 Å². The number of carbonyl (C=O) groups excluding carboxylic acids is 1. The molecular formula is C23H20N4O4. The lowest BCUT2D eigenvalue weighted by Crippen LogP contribution is -2.18. The van der Waals surface area contributed by atoms with Crippen molar-refractivity contribution in [3.8, 4) is 23.0 Å². The van der Waals surface area contributed by atoms with Gasteiger partial charge in [0.15, 0.2) is 23.0 Å². The van der Waals surface area contributed by atoms with E-state index in [1.165, 1.54) is 6.21 Å². The van der Waals surface area contributed by atoms with Crippen molar-refractivity contribution in [1.82, 2.24) is 15.6 Å². The van der Waals surface area contributed by atoms with Gasteiger partial charge in [-0.2, -0.15) is 10.2 Å². The third-order valence-corrected chi connectivity index (χ3v) is 4.40. The van der Waals surface area contributed by atoms with Gasteiger partial charge in [-0.3, -0.25) is 9.89 Å². The summed E-state index contributed by atoms with van der Waals surface area (Å²) >= 11 is 0. The van der Waals surface area contributed by atoms with Crippen LogP contribution in [0, 0.1) is 0 Å². The molecule has 2 heterocycles. The Morgan fingerprint density at radius 1 is 1.13 bits per heavy atom. The first-order valence-corrected chi connectivity index (χ1v) is 9.50. The number of hydrogen-bond acceptors (Lipinski definition) is 6. The van der Waals surface area contributed by atoms with Crippen LogP contribution in [-0.4, -0.2) is 29.4 Å². The quantitative estimate of drug-likeness (QED) is 0.334. The molecule has 1 amide bonds. The van der Waals surface area contributed by atoms with Gasteiger partial charge in [0.25, 0.3) is 5.91 Å². The van der Waals surface area contributed by atoms with Crippen LogP contribution in [-0.2, 0) is 6.61 Å². The maximum Gasteiger partial charge on any atom is 0.291 e. The minimum absolute atomic E-state index is 0.199. The normalized spacial score (nSPS) is 10.9. The van der Waals surface area contributed by atoms with Crippen molar-refractivity contribution in [3.63, 3.8) is 0 Å². The van der Waals surface area contributed by atoms with Gasteiger partial charge >= 0.3 is 0 Å². The van der Waals surface area contributed by atoms with Crippen LogP contribution < -0.4 is 14.9 Å². The number of hydrogen-bond donors (Lipinski definition) is 2. The predicted molar refractivity (Wildman–Crippen MR) is 115 cm³/mol. The SMILES string of the molecule is COc1ccc(C=NNC(=O)c2cc(-c3ccco3)[nH]n2)cc1OCc1ccccc1. The summed E-state index contributed by atoms with van der Waals surface area (Å²) < 4.78 is 16.5. The van der Waals surface area contributed by atoms with Crippen LogP contribution in [0.1, 0.15) is 21.6 Å². The van der Waals surface area contributed by atoms with E-state index in [-0.39, 0.29) is 5.69 Å². The molecule has 2 aromatic carbocycles. The number of nitrogens with zero attached hydrogens (tertiary/aromatic N) is 2. The van der Waals surface area contributed by atoms with Gasteiger partial charge < -0.3 is 13.9 Å². The van der Waals surface area contributed by atoms with Crippen LogP contribution in [0.15, 0.2) is 82.5 Å². The molecule has 0 bridgehead atoms. The smallest absolute Gasteiger partial charge is 0.291 e. The Hall–Kier alpha value is -4.33. The number of furan rings is 1. The van der Waals surface area contributed by atoms with E-state index in [0.717, 1.165) is 11.1 Å². The Balaban J connectivity index is 1.39. The number of benzene rings is 2. The molecule has 2 N–H and O–H groups in total. The Labute approximate surface area is 178 Å². The fourth-order valence-electron chi connectivity index (χ4n) is 2.84. The average molecular weight is 416 g/mol. The number of hydrazone groups is 1. The summed E-state index contributed by atoms with van der Waals surface area (Å²) in [7, 11) is 1.58. The number of aromatic amines is 1. The molecule has 0 spiro atoms. The molecule has 8 heteroatoms. The number of ether oxygens (including phenoxy) is 2. The standard InChI is InChI=1S/C23H20N4O4/c1-29-21-10-9-17(12-22(21)31-15-16-6-3-2-4-7-16)14-24-27-23(28)19-13-18(25-26-19)20-8-5-11-30-20/h2-14H,15H2,1H3,(H,25,26)(H,27,28). The summed E-state index contributed by atoms with van der Waals surface area (Å²) in [6.45, 7) is 0.408. The molecule has 0 atom stereocenters. The topological polar surface area (TPSA) is 102 Å². The Morgan fingerprint density at radius 2 is 2.00 bits per heavy atom. The summed E-state index contributed by atoms with van der Waals surface area (Å²) in [6.07, 6.45) is 3.07. The number of rotatable bonds is 8. The van der Waals surface area contributed by atoms with E-state index in [9.17, 15) is 4.79 Å². The number of aromatic nitrogens is 2. The largest absolute Gasteiger partial charge is 0.493 e. The van der Waals surface area contributed by atoms with Crippen molar-refractivity contribution in [2.75, 3.05) is 7.11 Å². The highest BCUT2D eigenvalue weighted by Gasteiger charge is 2.12. The summed E-state index contributed by atoms with van der Waals surface area (Å²) in [5.74, 6) is 1.34. The number of H-pyrrole nitrogens is 1. The molecule has 8 nitrogen and oxygen atoms in total.